The van der Waals surface area contributed by atoms with Gasteiger partial charge in [0.1, 0.15) is 0 Å². The van der Waals surface area contributed by atoms with E-state index in [4.69, 9.17) is 0 Å². The molecule has 0 aromatic carbocycles. The van der Waals surface area contributed by atoms with E-state index in [-0.39, 0.29) is 18.4 Å². The van der Waals surface area contributed by atoms with Crippen molar-refractivity contribution in [1.82, 2.24) is 5.32 Å². The fourth-order valence-electron chi connectivity index (χ4n) is 2.69. The second kappa shape index (κ2) is 6.80. The summed E-state index contributed by atoms with van der Waals surface area (Å²) >= 11 is 0. The number of aliphatic hydroxyl groups excluding tert-OH is 1. The highest BCUT2D eigenvalue weighted by Gasteiger charge is 2.39. The van der Waals surface area contributed by atoms with Crippen LogP contribution in [0, 0.1) is 5.92 Å². The molecule has 17 heavy (non-hydrogen) atoms. The standard InChI is InChI=1S/C14H25NO2/c1-3-5-8-12(7-4-2)14(11-16)10-6-9-13(17)15-14/h4,7,12,16H,3,5-6,8-11H2,1-2H3,(H,15,17)/b7-4+/t12-,14-/m1/s1. The van der Waals surface area contributed by atoms with Crippen LogP contribution in [0.2, 0.25) is 0 Å². The van der Waals surface area contributed by atoms with Crippen molar-refractivity contribution in [3.63, 3.8) is 0 Å². The summed E-state index contributed by atoms with van der Waals surface area (Å²) in [4.78, 5) is 11.6. The van der Waals surface area contributed by atoms with Gasteiger partial charge in [-0.3, -0.25) is 4.79 Å². The zero-order chi connectivity index (χ0) is 12.7. The molecule has 1 aliphatic heterocycles. The first kappa shape index (κ1) is 14.2. The summed E-state index contributed by atoms with van der Waals surface area (Å²) in [6.45, 7) is 4.20. The Kier molecular flexibility index (Phi) is 5.69. The third kappa shape index (κ3) is 3.56. The Hall–Kier alpha value is -0.830. The number of carbonyl (C=O) groups excluding carboxylic acids is 1. The quantitative estimate of drug-likeness (QED) is 0.699. The molecular formula is C14H25NO2. The maximum Gasteiger partial charge on any atom is 0.220 e. The maximum atomic E-state index is 11.6. The highest BCUT2D eigenvalue weighted by atomic mass is 16.3. The van der Waals surface area contributed by atoms with Crippen LogP contribution in [0.1, 0.15) is 52.4 Å². The molecule has 98 valence electrons. The molecule has 0 radical (unpaired) electrons. The number of carbonyl (C=O) groups is 1. The van der Waals surface area contributed by atoms with E-state index in [9.17, 15) is 9.90 Å². The van der Waals surface area contributed by atoms with Gasteiger partial charge in [-0.15, -0.1) is 0 Å². The van der Waals surface area contributed by atoms with E-state index in [2.05, 4.69) is 18.3 Å². The summed E-state index contributed by atoms with van der Waals surface area (Å²) in [5.74, 6) is 0.331. The zero-order valence-corrected chi connectivity index (χ0v) is 11.0. The molecule has 1 amide bonds. The Morgan fingerprint density at radius 2 is 2.35 bits per heavy atom. The van der Waals surface area contributed by atoms with Gasteiger partial charge in [-0.25, -0.2) is 0 Å². The highest BCUT2D eigenvalue weighted by molar-refractivity contribution is 5.77. The van der Waals surface area contributed by atoms with Crippen molar-refractivity contribution < 1.29 is 9.90 Å². The molecule has 1 saturated heterocycles. The largest absolute Gasteiger partial charge is 0.394 e. The summed E-state index contributed by atoms with van der Waals surface area (Å²) in [7, 11) is 0. The SMILES string of the molecule is C/C=C/[C@H](CCCC)[C@]1(CO)CCCC(=O)N1. The van der Waals surface area contributed by atoms with Crippen molar-refractivity contribution in [3.05, 3.63) is 12.2 Å². The molecule has 3 nitrogen and oxygen atoms in total. The smallest absolute Gasteiger partial charge is 0.220 e. The lowest BCUT2D eigenvalue weighted by atomic mass is 9.75. The van der Waals surface area contributed by atoms with E-state index >= 15 is 0 Å². The van der Waals surface area contributed by atoms with E-state index in [0.29, 0.717) is 6.42 Å². The number of unbranched alkanes of at least 4 members (excludes halogenated alkanes) is 1. The third-order valence-corrected chi connectivity index (χ3v) is 3.70. The van der Waals surface area contributed by atoms with Gasteiger partial charge < -0.3 is 10.4 Å². The van der Waals surface area contributed by atoms with Gasteiger partial charge in [0.2, 0.25) is 5.91 Å². The minimum Gasteiger partial charge on any atom is -0.394 e. The molecule has 0 bridgehead atoms. The van der Waals surface area contributed by atoms with Crippen LogP contribution in [-0.2, 0) is 4.79 Å². The molecule has 0 saturated carbocycles. The number of hydrogen-bond donors (Lipinski definition) is 2. The molecule has 2 atom stereocenters. The van der Waals surface area contributed by atoms with Gasteiger partial charge in [0.05, 0.1) is 12.1 Å². The Morgan fingerprint density at radius 3 is 2.88 bits per heavy atom. The number of nitrogens with one attached hydrogen (secondary N) is 1. The first-order valence-electron chi connectivity index (χ1n) is 6.73. The van der Waals surface area contributed by atoms with Crippen molar-refractivity contribution in [2.75, 3.05) is 6.61 Å². The molecule has 1 heterocycles. The highest BCUT2D eigenvalue weighted by Crippen LogP contribution is 2.32. The topological polar surface area (TPSA) is 49.3 Å². The summed E-state index contributed by atoms with van der Waals surface area (Å²) in [6, 6.07) is 0. The predicted octanol–water partition coefficient (Wildman–Crippen LogP) is 2.40. The fraction of sp³-hybridized carbons (Fsp3) is 0.786. The van der Waals surface area contributed by atoms with Gasteiger partial charge in [0.15, 0.2) is 0 Å². The predicted molar refractivity (Wildman–Crippen MR) is 69.6 cm³/mol. The Bertz CT molecular complexity index is 275. The molecule has 0 aromatic rings. The second-order valence-corrected chi connectivity index (χ2v) is 4.99. The molecule has 1 aliphatic rings. The molecule has 3 heteroatoms. The van der Waals surface area contributed by atoms with Crippen LogP contribution in [0.4, 0.5) is 0 Å². The van der Waals surface area contributed by atoms with Gasteiger partial charge in [-0.2, -0.15) is 0 Å². The lowest BCUT2D eigenvalue weighted by Gasteiger charge is -2.42. The molecule has 0 unspecified atom stereocenters. The first-order valence-corrected chi connectivity index (χ1v) is 6.73. The van der Waals surface area contributed by atoms with Crippen LogP contribution < -0.4 is 5.32 Å². The van der Waals surface area contributed by atoms with Gasteiger partial charge in [0, 0.05) is 12.3 Å². The van der Waals surface area contributed by atoms with Crippen molar-refractivity contribution in [2.24, 2.45) is 5.92 Å². The third-order valence-electron chi connectivity index (χ3n) is 3.70. The summed E-state index contributed by atoms with van der Waals surface area (Å²) in [5.41, 5.74) is -0.420. The molecule has 1 rings (SSSR count). The molecule has 0 aliphatic carbocycles. The van der Waals surface area contributed by atoms with Crippen molar-refractivity contribution in [2.45, 2.75) is 57.9 Å². The molecular weight excluding hydrogens is 214 g/mol. The van der Waals surface area contributed by atoms with Gasteiger partial charge in [0.25, 0.3) is 0 Å². The minimum absolute atomic E-state index is 0.0391. The van der Waals surface area contributed by atoms with Crippen molar-refractivity contribution in [3.8, 4) is 0 Å². The average molecular weight is 239 g/mol. The number of piperidine rings is 1. The average Bonchev–Trinajstić information content (AvgIpc) is 2.34. The minimum atomic E-state index is -0.420. The van der Waals surface area contributed by atoms with Crippen LogP contribution in [0.3, 0.4) is 0 Å². The van der Waals surface area contributed by atoms with Crippen LogP contribution in [0.25, 0.3) is 0 Å². The maximum absolute atomic E-state index is 11.6. The number of aliphatic hydroxyl groups is 1. The normalized spacial score (nSPS) is 27.1. The summed E-state index contributed by atoms with van der Waals surface area (Å²) < 4.78 is 0. The van der Waals surface area contributed by atoms with E-state index in [0.717, 1.165) is 32.1 Å². The Labute approximate surface area is 104 Å². The Morgan fingerprint density at radius 1 is 1.59 bits per heavy atom. The molecule has 2 N–H and O–H groups in total. The van der Waals surface area contributed by atoms with Crippen LogP contribution in [-0.4, -0.2) is 23.2 Å². The van der Waals surface area contributed by atoms with Gasteiger partial charge in [-0.1, -0.05) is 31.9 Å². The van der Waals surface area contributed by atoms with Crippen LogP contribution in [0.15, 0.2) is 12.2 Å². The number of allylic oxidation sites excluding steroid dienone is 1. The van der Waals surface area contributed by atoms with Crippen LogP contribution >= 0.6 is 0 Å². The number of amides is 1. The van der Waals surface area contributed by atoms with E-state index in [1.165, 1.54) is 0 Å². The summed E-state index contributed by atoms with van der Waals surface area (Å²) in [5, 5.41) is 12.7. The Balaban J connectivity index is 2.81. The number of rotatable bonds is 6. The monoisotopic (exact) mass is 239 g/mol. The number of hydrogen-bond acceptors (Lipinski definition) is 2. The van der Waals surface area contributed by atoms with Crippen molar-refractivity contribution in [1.29, 1.82) is 0 Å². The van der Waals surface area contributed by atoms with E-state index in [1.54, 1.807) is 0 Å². The van der Waals surface area contributed by atoms with Gasteiger partial charge >= 0.3 is 0 Å². The molecule has 0 spiro atoms. The van der Waals surface area contributed by atoms with E-state index < -0.39 is 5.54 Å². The van der Waals surface area contributed by atoms with Crippen LogP contribution in [0.5, 0.6) is 0 Å². The lowest BCUT2D eigenvalue weighted by Crippen LogP contribution is -2.58. The fourth-order valence-corrected chi connectivity index (χ4v) is 2.69. The molecule has 1 fully saturated rings. The van der Waals surface area contributed by atoms with E-state index in [1.807, 2.05) is 13.0 Å². The van der Waals surface area contributed by atoms with Gasteiger partial charge in [-0.05, 0) is 26.2 Å². The lowest BCUT2D eigenvalue weighted by molar-refractivity contribution is -0.127. The second-order valence-electron chi connectivity index (χ2n) is 4.99. The summed E-state index contributed by atoms with van der Waals surface area (Å²) in [6.07, 6.45) is 9.83. The zero-order valence-electron chi connectivity index (χ0n) is 11.0. The van der Waals surface area contributed by atoms with Crippen molar-refractivity contribution >= 4 is 5.91 Å². The first-order chi connectivity index (χ1) is 8.18. The molecule has 0 aromatic heterocycles.